The molecule has 0 radical (unpaired) electrons. The smallest absolute Gasteiger partial charge is 0.227 e. The Labute approximate surface area is 257 Å². The molecule has 236 valence electrons. The molecule has 1 aliphatic rings. The molecule has 0 spiro atoms. The van der Waals surface area contributed by atoms with Crippen molar-refractivity contribution in [1.82, 2.24) is 34.2 Å². The number of ether oxygens (including phenoxy) is 2. The number of aryl methyl sites for hydroxylation is 2. The highest BCUT2D eigenvalue weighted by molar-refractivity contribution is 5.90. The first-order chi connectivity index (χ1) is 21.0. The molecule has 0 unspecified atom stereocenters. The average molecular weight is 608 g/mol. The molecule has 2 N–H and O–H groups in total. The lowest BCUT2D eigenvalue weighted by Crippen LogP contribution is -2.26. The molecule has 1 amide bonds. The summed E-state index contributed by atoms with van der Waals surface area (Å²) in [5.41, 5.74) is 3.27. The number of methoxy groups -OCH3 is 1. The quantitative estimate of drug-likeness (QED) is 0.230. The Kier molecular flexibility index (Phi) is 9.45. The number of hydrogen-bond donors (Lipinski definition) is 2. The summed E-state index contributed by atoms with van der Waals surface area (Å²) in [5.74, 6) is 3.02. The number of nitrogens with one attached hydrogen (secondary N) is 2. The SMILES string of the molecule is COCCC(=O)Nc1cc(Oc2cnc3nc(Nc4cc(C(C)(C)C)n(C[C@@H]5CCN(CCF)C5)n4)n(C)c3c2C)ccn1. The van der Waals surface area contributed by atoms with Gasteiger partial charge in [-0.15, -0.1) is 0 Å². The highest BCUT2D eigenvalue weighted by Crippen LogP contribution is 2.33. The molecule has 0 aromatic carbocycles. The molecule has 0 bridgehead atoms. The van der Waals surface area contributed by atoms with Crippen LogP contribution in [0.1, 0.15) is 44.9 Å². The number of carbonyl (C=O) groups is 1. The Morgan fingerprint density at radius 2 is 2.02 bits per heavy atom. The van der Waals surface area contributed by atoms with Gasteiger partial charge in [-0.25, -0.2) is 14.4 Å². The van der Waals surface area contributed by atoms with E-state index in [0.717, 1.165) is 42.8 Å². The third-order valence-corrected chi connectivity index (χ3v) is 7.86. The molecule has 1 atom stereocenters. The molecule has 5 rings (SSSR count). The van der Waals surface area contributed by atoms with E-state index in [0.29, 0.717) is 53.8 Å². The van der Waals surface area contributed by atoms with E-state index in [2.05, 4.69) is 57.0 Å². The fourth-order valence-electron chi connectivity index (χ4n) is 5.58. The summed E-state index contributed by atoms with van der Waals surface area (Å²) < 4.78 is 28.0. The average Bonchev–Trinajstić information content (AvgIpc) is 3.67. The van der Waals surface area contributed by atoms with Crippen LogP contribution in [0.5, 0.6) is 11.5 Å². The lowest BCUT2D eigenvalue weighted by Gasteiger charge is -2.22. The predicted molar refractivity (Wildman–Crippen MR) is 167 cm³/mol. The van der Waals surface area contributed by atoms with Crippen LogP contribution in [0.3, 0.4) is 0 Å². The molecule has 0 saturated carbocycles. The zero-order valence-corrected chi connectivity index (χ0v) is 26.4. The highest BCUT2D eigenvalue weighted by atomic mass is 19.1. The summed E-state index contributed by atoms with van der Waals surface area (Å²) in [4.78, 5) is 27.8. The van der Waals surface area contributed by atoms with Crippen molar-refractivity contribution in [2.45, 2.75) is 52.5 Å². The molecule has 5 heterocycles. The fraction of sp³-hybridized carbons (Fsp3) is 0.516. The molecule has 44 heavy (non-hydrogen) atoms. The molecule has 13 heteroatoms. The van der Waals surface area contributed by atoms with E-state index >= 15 is 0 Å². The van der Waals surface area contributed by atoms with E-state index < -0.39 is 0 Å². The van der Waals surface area contributed by atoms with Crippen molar-refractivity contribution in [3.8, 4) is 11.5 Å². The van der Waals surface area contributed by atoms with Crippen molar-refractivity contribution in [1.29, 1.82) is 0 Å². The van der Waals surface area contributed by atoms with Crippen LogP contribution in [0.15, 0.2) is 30.6 Å². The number of aromatic nitrogens is 6. The molecule has 1 fully saturated rings. The van der Waals surface area contributed by atoms with Gasteiger partial charge in [-0.1, -0.05) is 20.8 Å². The van der Waals surface area contributed by atoms with Crippen LogP contribution in [0, 0.1) is 12.8 Å². The monoisotopic (exact) mass is 607 g/mol. The van der Waals surface area contributed by atoms with Crippen LogP contribution in [0.2, 0.25) is 0 Å². The Morgan fingerprint density at radius 1 is 1.20 bits per heavy atom. The van der Waals surface area contributed by atoms with E-state index in [4.69, 9.17) is 19.6 Å². The number of halogens is 1. The van der Waals surface area contributed by atoms with Gasteiger partial charge in [-0.3, -0.25) is 9.48 Å². The number of likely N-dealkylation sites (tertiary alicyclic amines) is 1. The van der Waals surface area contributed by atoms with Crippen molar-refractivity contribution in [2.24, 2.45) is 13.0 Å². The molecule has 4 aromatic heterocycles. The lowest BCUT2D eigenvalue weighted by molar-refractivity contribution is -0.117. The first kappa shape index (κ1) is 31.3. The molecule has 12 nitrogen and oxygen atoms in total. The second-order valence-corrected chi connectivity index (χ2v) is 12.3. The van der Waals surface area contributed by atoms with Crippen molar-refractivity contribution in [3.63, 3.8) is 0 Å². The lowest BCUT2D eigenvalue weighted by atomic mass is 9.92. The molecule has 1 saturated heterocycles. The number of nitrogens with zero attached hydrogens (tertiary/aromatic N) is 7. The summed E-state index contributed by atoms with van der Waals surface area (Å²) in [7, 11) is 3.48. The number of rotatable bonds is 12. The minimum absolute atomic E-state index is 0.111. The first-order valence-corrected chi connectivity index (χ1v) is 14.9. The van der Waals surface area contributed by atoms with Gasteiger partial charge in [-0.05, 0) is 31.9 Å². The summed E-state index contributed by atoms with van der Waals surface area (Å²) in [6.45, 7) is 11.6. The largest absolute Gasteiger partial charge is 0.455 e. The maximum Gasteiger partial charge on any atom is 0.227 e. The van der Waals surface area contributed by atoms with Gasteiger partial charge < -0.3 is 29.6 Å². The summed E-state index contributed by atoms with van der Waals surface area (Å²) >= 11 is 0. The molecular formula is C31H42FN9O3. The number of alkyl halides is 1. The second kappa shape index (κ2) is 13.3. The second-order valence-electron chi connectivity index (χ2n) is 12.3. The van der Waals surface area contributed by atoms with Crippen LogP contribution >= 0.6 is 0 Å². The number of hydrogen-bond acceptors (Lipinski definition) is 9. The van der Waals surface area contributed by atoms with Crippen LogP contribution in [0.4, 0.5) is 22.0 Å². The zero-order valence-electron chi connectivity index (χ0n) is 26.4. The van der Waals surface area contributed by atoms with Gasteiger partial charge in [0.15, 0.2) is 17.2 Å². The molecule has 1 aliphatic heterocycles. The summed E-state index contributed by atoms with van der Waals surface area (Å²) in [6.07, 6.45) is 4.49. The maximum atomic E-state index is 12.9. The number of fused-ring (bicyclic) bond motifs is 1. The Hall–Kier alpha value is -4.10. The molecule has 4 aromatic rings. The van der Waals surface area contributed by atoms with Crippen molar-refractivity contribution < 1.29 is 18.7 Å². The van der Waals surface area contributed by atoms with E-state index in [1.165, 1.54) is 0 Å². The molecule has 0 aliphatic carbocycles. The van der Waals surface area contributed by atoms with Crippen LogP contribution in [-0.4, -0.2) is 80.1 Å². The minimum Gasteiger partial charge on any atom is -0.455 e. The topological polar surface area (TPSA) is 124 Å². The third-order valence-electron chi connectivity index (χ3n) is 7.86. The summed E-state index contributed by atoms with van der Waals surface area (Å²) in [5, 5.41) is 11.1. The Bertz CT molecular complexity index is 1610. The van der Waals surface area contributed by atoms with Crippen LogP contribution in [-0.2, 0) is 28.5 Å². The number of amides is 1. The molecular weight excluding hydrogens is 565 g/mol. The van der Waals surface area contributed by atoms with Crippen molar-refractivity contribution in [2.75, 3.05) is 50.7 Å². The van der Waals surface area contributed by atoms with Gasteiger partial charge >= 0.3 is 0 Å². The van der Waals surface area contributed by atoms with Gasteiger partial charge in [0, 0.05) is 68.8 Å². The fourth-order valence-corrected chi connectivity index (χ4v) is 5.58. The zero-order chi connectivity index (χ0) is 31.4. The highest BCUT2D eigenvalue weighted by Gasteiger charge is 2.27. The number of anilines is 3. The van der Waals surface area contributed by atoms with Crippen LogP contribution < -0.4 is 15.4 Å². The van der Waals surface area contributed by atoms with Gasteiger partial charge in [0.1, 0.15) is 18.2 Å². The normalized spacial score (nSPS) is 15.7. The third kappa shape index (κ3) is 7.16. The standard InChI is InChI=1S/C31H42FN9O3/c1-20-23(44-22-7-11-33-25(15-22)35-27(42)9-14-43-6)17-34-29-28(20)39(5)30(37-29)36-26-16-24(31(2,3)4)41(38-26)19-21-8-12-40(18-21)13-10-32/h7,11,15-17,21H,8-10,12-14,18-19H2,1-6H3,(H,33,35,42)(H,34,36,37,38)/t21-/m1/s1. The Morgan fingerprint density at radius 3 is 2.77 bits per heavy atom. The van der Waals surface area contributed by atoms with E-state index in [9.17, 15) is 9.18 Å². The first-order valence-electron chi connectivity index (χ1n) is 14.9. The van der Waals surface area contributed by atoms with Crippen molar-refractivity contribution >= 4 is 34.7 Å². The summed E-state index contributed by atoms with van der Waals surface area (Å²) in [6, 6.07) is 5.47. The van der Waals surface area contributed by atoms with Crippen molar-refractivity contribution in [3.05, 3.63) is 41.9 Å². The maximum absolute atomic E-state index is 12.9. The van der Waals surface area contributed by atoms with E-state index in [1.807, 2.05) is 18.5 Å². The van der Waals surface area contributed by atoms with E-state index in [1.54, 1.807) is 31.6 Å². The number of imidazole rings is 1. The predicted octanol–water partition coefficient (Wildman–Crippen LogP) is 4.97. The Balaban J connectivity index is 1.34. The number of pyridine rings is 2. The van der Waals surface area contributed by atoms with Gasteiger partial charge in [-0.2, -0.15) is 10.1 Å². The minimum atomic E-state index is -0.310. The van der Waals surface area contributed by atoms with Gasteiger partial charge in [0.05, 0.1) is 24.7 Å². The van der Waals surface area contributed by atoms with Gasteiger partial charge in [0.2, 0.25) is 11.9 Å². The van der Waals surface area contributed by atoms with E-state index in [-0.39, 0.29) is 24.4 Å². The van der Waals surface area contributed by atoms with Crippen LogP contribution in [0.25, 0.3) is 11.2 Å². The number of carbonyl (C=O) groups excluding carboxylic acids is 1. The van der Waals surface area contributed by atoms with Gasteiger partial charge in [0.25, 0.3) is 0 Å².